The standard InChI is InChI=1S/C17H16F3N3O2S/c1-9-22-14(16(25)23(8-13(21)24)12-5-6-12)15(26-9)10-3-2-4-11(7-10)17(18,19)20/h2-4,7,12H,5-6,8H2,1H3,(H2,21,24). The number of aryl methyl sites for hydroxylation is 1. The number of thiazole rings is 1. The summed E-state index contributed by atoms with van der Waals surface area (Å²) in [5, 5.41) is 0.551. The van der Waals surface area contributed by atoms with Crippen molar-refractivity contribution in [3.05, 3.63) is 40.5 Å². The van der Waals surface area contributed by atoms with Crippen LogP contribution in [-0.2, 0) is 11.0 Å². The number of hydrogen-bond donors (Lipinski definition) is 1. The average Bonchev–Trinajstić information content (AvgIpc) is 3.32. The first-order valence-electron chi connectivity index (χ1n) is 7.91. The van der Waals surface area contributed by atoms with E-state index in [1.165, 1.54) is 17.0 Å². The predicted molar refractivity (Wildman–Crippen MR) is 90.5 cm³/mol. The average molecular weight is 383 g/mol. The molecule has 0 radical (unpaired) electrons. The van der Waals surface area contributed by atoms with E-state index in [0.717, 1.165) is 36.3 Å². The highest BCUT2D eigenvalue weighted by Crippen LogP contribution is 2.37. The van der Waals surface area contributed by atoms with Crippen molar-refractivity contribution in [2.75, 3.05) is 6.54 Å². The molecule has 1 aromatic carbocycles. The third-order valence-corrected chi connectivity index (χ3v) is 4.98. The van der Waals surface area contributed by atoms with Crippen LogP contribution in [0, 0.1) is 6.92 Å². The molecule has 1 saturated carbocycles. The third kappa shape index (κ3) is 3.87. The predicted octanol–water partition coefficient (Wildman–Crippen LogP) is 3.23. The van der Waals surface area contributed by atoms with Crippen molar-refractivity contribution >= 4 is 23.2 Å². The molecule has 1 fully saturated rings. The number of alkyl halides is 3. The molecule has 0 spiro atoms. The van der Waals surface area contributed by atoms with Crippen molar-refractivity contribution in [1.29, 1.82) is 0 Å². The minimum absolute atomic E-state index is 0.0555. The molecule has 0 saturated heterocycles. The molecule has 1 heterocycles. The van der Waals surface area contributed by atoms with Gasteiger partial charge in [0.25, 0.3) is 5.91 Å². The van der Waals surface area contributed by atoms with Crippen LogP contribution in [0.25, 0.3) is 10.4 Å². The molecule has 0 aliphatic heterocycles. The Kier molecular flexibility index (Phi) is 4.74. The molecule has 0 bridgehead atoms. The Hall–Kier alpha value is -2.42. The first kappa shape index (κ1) is 18.4. The second-order valence-corrected chi connectivity index (χ2v) is 7.32. The summed E-state index contributed by atoms with van der Waals surface area (Å²) in [6.07, 6.45) is -2.95. The molecule has 138 valence electrons. The van der Waals surface area contributed by atoms with Crippen molar-refractivity contribution in [2.24, 2.45) is 5.73 Å². The lowest BCUT2D eigenvalue weighted by molar-refractivity contribution is -0.137. The molecule has 1 aliphatic rings. The van der Waals surface area contributed by atoms with Crippen LogP contribution in [0.4, 0.5) is 13.2 Å². The van der Waals surface area contributed by atoms with Crippen LogP contribution in [0.2, 0.25) is 0 Å². The van der Waals surface area contributed by atoms with Crippen LogP contribution in [0.5, 0.6) is 0 Å². The Morgan fingerprint density at radius 3 is 2.62 bits per heavy atom. The van der Waals surface area contributed by atoms with Gasteiger partial charge in [0, 0.05) is 6.04 Å². The van der Waals surface area contributed by atoms with Gasteiger partial charge in [-0.2, -0.15) is 13.2 Å². The monoisotopic (exact) mass is 383 g/mol. The first-order valence-corrected chi connectivity index (χ1v) is 8.73. The zero-order valence-corrected chi connectivity index (χ0v) is 14.7. The van der Waals surface area contributed by atoms with Gasteiger partial charge in [-0.3, -0.25) is 9.59 Å². The van der Waals surface area contributed by atoms with Gasteiger partial charge in [0.1, 0.15) is 5.69 Å². The van der Waals surface area contributed by atoms with Crippen LogP contribution < -0.4 is 5.73 Å². The van der Waals surface area contributed by atoms with Gasteiger partial charge in [0.2, 0.25) is 5.91 Å². The smallest absolute Gasteiger partial charge is 0.368 e. The Morgan fingerprint density at radius 1 is 1.35 bits per heavy atom. The highest BCUT2D eigenvalue weighted by molar-refractivity contribution is 7.15. The summed E-state index contributed by atoms with van der Waals surface area (Å²) in [7, 11) is 0. The number of benzene rings is 1. The number of aromatic nitrogens is 1. The van der Waals surface area contributed by atoms with E-state index in [9.17, 15) is 22.8 Å². The van der Waals surface area contributed by atoms with E-state index in [4.69, 9.17) is 5.73 Å². The highest BCUT2D eigenvalue weighted by Gasteiger charge is 2.36. The Morgan fingerprint density at radius 2 is 2.04 bits per heavy atom. The fourth-order valence-corrected chi connectivity index (χ4v) is 3.57. The third-order valence-electron chi connectivity index (χ3n) is 3.96. The summed E-state index contributed by atoms with van der Waals surface area (Å²) in [6, 6.07) is 4.70. The number of nitrogens with zero attached hydrogens (tertiary/aromatic N) is 2. The summed E-state index contributed by atoms with van der Waals surface area (Å²) in [4.78, 5) is 30.1. The van der Waals surface area contributed by atoms with Crippen molar-refractivity contribution in [1.82, 2.24) is 9.88 Å². The molecule has 2 N–H and O–H groups in total. The quantitative estimate of drug-likeness (QED) is 0.861. The number of nitrogens with two attached hydrogens (primary N) is 1. The lowest BCUT2D eigenvalue weighted by Crippen LogP contribution is -2.40. The van der Waals surface area contributed by atoms with E-state index in [1.807, 2.05) is 0 Å². The molecule has 9 heteroatoms. The summed E-state index contributed by atoms with van der Waals surface area (Å²) in [5.74, 6) is -1.12. The van der Waals surface area contributed by atoms with Gasteiger partial charge >= 0.3 is 6.18 Å². The van der Waals surface area contributed by atoms with E-state index < -0.39 is 23.6 Å². The van der Waals surface area contributed by atoms with E-state index in [-0.39, 0.29) is 23.8 Å². The molecule has 26 heavy (non-hydrogen) atoms. The first-order chi connectivity index (χ1) is 12.2. The summed E-state index contributed by atoms with van der Waals surface area (Å²) >= 11 is 1.14. The number of primary amides is 1. The fraction of sp³-hybridized carbons (Fsp3) is 0.353. The zero-order chi connectivity index (χ0) is 19.1. The van der Waals surface area contributed by atoms with Crippen molar-refractivity contribution in [2.45, 2.75) is 32.0 Å². The maximum atomic E-state index is 13.0. The van der Waals surface area contributed by atoms with Crippen molar-refractivity contribution < 1.29 is 22.8 Å². The SMILES string of the molecule is Cc1nc(C(=O)N(CC(N)=O)C2CC2)c(-c2cccc(C(F)(F)F)c2)s1. The minimum Gasteiger partial charge on any atom is -0.368 e. The molecule has 2 amide bonds. The minimum atomic E-state index is -4.48. The molecule has 1 aromatic heterocycles. The second-order valence-electron chi connectivity index (χ2n) is 6.12. The molecule has 3 rings (SSSR count). The summed E-state index contributed by atoms with van der Waals surface area (Å²) in [5.41, 5.74) is 4.75. The van der Waals surface area contributed by atoms with Crippen molar-refractivity contribution in [3.8, 4) is 10.4 Å². The normalized spacial score (nSPS) is 14.3. The molecule has 0 unspecified atom stereocenters. The molecule has 5 nitrogen and oxygen atoms in total. The van der Waals surface area contributed by atoms with Crippen LogP contribution in [0.3, 0.4) is 0 Å². The number of amides is 2. The van der Waals surface area contributed by atoms with Gasteiger partial charge in [-0.15, -0.1) is 11.3 Å². The van der Waals surface area contributed by atoms with E-state index in [1.54, 1.807) is 6.92 Å². The fourth-order valence-electron chi connectivity index (χ4n) is 2.66. The van der Waals surface area contributed by atoms with Gasteiger partial charge < -0.3 is 10.6 Å². The van der Waals surface area contributed by atoms with Crippen molar-refractivity contribution in [3.63, 3.8) is 0 Å². The van der Waals surface area contributed by atoms with E-state index in [0.29, 0.717) is 9.88 Å². The number of rotatable bonds is 5. The zero-order valence-electron chi connectivity index (χ0n) is 13.8. The molecule has 2 aromatic rings. The van der Waals surface area contributed by atoms with Gasteiger partial charge in [0.15, 0.2) is 0 Å². The number of carbonyl (C=O) groups excluding carboxylic acids is 2. The topological polar surface area (TPSA) is 76.3 Å². The molecule has 1 aliphatic carbocycles. The summed E-state index contributed by atoms with van der Waals surface area (Å²) in [6.45, 7) is 1.44. The summed E-state index contributed by atoms with van der Waals surface area (Å²) < 4.78 is 39.0. The van der Waals surface area contributed by atoms with Gasteiger partial charge in [-0.05, 0) is 37.5 Å². The molecular weight excluding hydrogens is 367 g/mol. The lowest BCUT2D eigenvalue weighted by Gasteiger charge is -2.20. The maximum absolute atomic E-state index is 13.0. The lowest BCUT2D eigenvalue weighted by atomic mass is 10.1. The number of hydrogen-bond acceptors (Lipinski definition) is 4. The van der Waals surface area contributed by atoms with Crippen LogP contribution in [0.15, 0.2) is 24.3 Å². The maximum Gasteiger partial charge on any atom is 0.416 e. The van der Waals surface area contributed by atoms with Gasteiger partial charge in [-0.25, -0.2) is 4.98 Å². The second kappa shape index (κ2) is 6.71. The highest BCUT2D eigenvalue weighted by atomic mass is 32.1. The van der Waals surface area contributed by atoms with Crippen LogP contribution in [0.1, 0.15) is 33.9 Å². The number of carbonyl (C=O) groups is 2. The number of halogens is 3. The van der Waals surface area contributed by atoms with E-state index in [2.05, 4.69) is 4.98 Å². The van der Waals surface area contributed by atoms with E-state index >= 15 is 0 Å². The Bertz CT molecular complexity index is 859. The molecule has 0 atom stereocenters. The van der Waals surface area contributed by atoms with Gasteiger partial charge in [0.05, 0.1) is 22.0 Å². The van der Waals surface area contributed by atoms with Gasteiger partial charge in [-0.1, -0.05) is 12.1 Å². The Labute approximate surface area is 151 Å². The Balaban J connectivity index is 2.01. The van der Waals surface area contributed by atoms with Crippen LogP contribution >= 0.6 is 11.3 Å². The van der Waals surface area contributed by atoms with Crippen LogP contribution in [-0.4, -0.2) is 34.3 Å². The molecular formula is C17H16F3N3O2S. The largest absolute Gasteiger partial charge is 0.416 e.